The number of aryl methyl sites for hydroxylation is 1. The second kappa shape index (κ2) is 6.11. The second-order valence-electron chi connectivity index (χ2n) is 4.77. The van der Waals surface area contributed by atoms with E-state index in [1.54, 1.807) is 16.0 Å². The normalized spacial score (nSPS) is 12.5. The molecule has 0 saturated heterocycles. The molecule has 0 aliphatic carbocycles. The first-order valence-electron chi connectivity index (χ1n) is 6.72. The molecule has 1 atom stereocenters. The van der Waals surface area contributed by atoms with Crippen LogP contribution in [0.1, 0.15) is 29.5 Å². The van der Waals surface area contributed by atoms with Gasteiger partial charge in [-0.3, -0.25) is 0 Å². The quantitative estimate of drug-likeness (QED) is 0.783. The number of nitrogens with zero attached hydrogens (tertiary/aromatic N) is 5. The van der Waals surface area contributed by atoms with Crippen molar-refractivity contribution in [1.29, 1.82) is 0 Å². The maximum Gasteiger partial charge on any atom is 0.170 e. The van der Waals surface area contributed by atoms with E-state index >= 15 is 0 Å². The Morgan fingerprint density at radius 2 is 2.10 bits per heavy atom. The van der Waals surface area contributed by atoms with Crippen LogP contribution < -0.4 is 5.32 Å². The summed E-state index contributed by atoms with van der Waals surface area (Å²) in [5.74, 6) is 0.779. The van der Waals surface area contributed by atoms with Crippen molar-refractivity contribution in [3.8, 4) is 5.69 Å². The Hall–Kier alpha value is -2.12. The van der Waals surface area contributed by atoms with Gasteiger partial charge in [0.1, 0.15) is 5.01 Å². The monoisotopic (exact) mass is 300 g/mol. The van der Waals surface area contributed by atoms with Gasteiger partial charge in [0.05, 0.1) is 18.3 Å². The summed E-state index contributed by atoms with van der Waals surface area (Å²) in [6.07, 6.45) is 0. The van der Waals surface area contributed by atoms with Crippen molar-refractivity contribution in [2.24, 2.45) is 0 Å². The zero-order chi connectivity index (χ0) is 14.7. The van der Waals surface area contributed by atoms with Gasteiger partial charge in [-0.25, -0.2) is 4.98 Å². The molecule has 2 heterocycles. The molecule has 0 aliphatic rings. The van der Waals surface area contributed by atoms with E-state index < -0.39 is 0 Å². The standard InChI is InChI=1S/C14H16N6S/c1-10-9-21-14(16-10)11(2)15-8-13-17-18-19-20(13)12-6-4-3-5-7-12/h3-7,9,11,15H,8H2,1-2H3. The van der Waals surface area contributed by atoms with Crippen LogP contribution in [0.5, 0.6) is 0 Å². The SMILES string of the molecule is Cc1csc(C(C)NCc2nnnn2-c2ccccc2)n1. The first-order valence-corrected chi connectivity index (χ1v) is 7.60. The van der Waals surface area contributed by atoms with E-state index in [0.717, 1.165) is 22.2 Å². The number of rotatable bonds is 5. The van der Waals surface area contributed by atoms with Gasteiger partial charge >= 0.3 is 0 Å². The molecule has 2 aromatic heterocycles. The summed E-state index contributed by atoms with van der Waals surface area (Å²) in [7, 11) is 0. The summed E-state index contributed by atoms with van der Waals surface area (Å²) in [6, 6.07) is 10.0. The molecule has 3 aromatic rings. The van der Waals surface area contributed by atoms with Crippen LogP contribution in [-0.2, 0) is 6.54 Å². The lowest BCUT2D eigenvalue weighted by molar-refractivity contribution is 0.548. The fourth-order valence-corrected chi connectivity index (χ4v) is 2.82. The largest absolute Gasteiger partial charge is 0.301 e. The van der Waals surface area contributed by atoms with E-state index in [2.05, 4.69) is 38.1 Å². The summed E-state index contributed by atoms with van der Waals surface area (Å²) in [5.41, 5.74) is 2.01. The third kappa shape index (κ3) is 3.14. The van der Waals surface area contributed by atoms with Crippen molar-refractivity contribution in [2.45, 2.75) is 26.4 Å². The van der Waals surface area contributed by atoms with Gasteiger partial charge in [0.25, 0.3) is 0 Å². The van der Waals surface area contributed by atoms with Crippen molar-refractivity contribution >= 4 is 11.3 Å². The van der Waals surface area contributed by atoms with E-state index in [9.17, 15) is 0 Å². The van der Waals surface area contributed by atoms with E-state index in [-0.39, 0.29) is 6.04 Å². The zero-order valence-electron chi connectivity index (χ0n) is 11.9. The van der Waals surface area contributed by atoms with Crippen LogP contribution >= 0.6 is 11.3 Å². The molecular formula is C14H16N6S. The Labute approximate surface area is 126 Å². The fraction of sp³-hybridized carbons (Fsp3) is 0.286. The average Bonchev–Trinajstić information content (AvgIpc) is 3.14. The first-order chi connectivity index (χ1) is 10.2. The van der Waals surface area contributed by atoms with Crippen LogP contribution in [-0.4, -0.2) is 25.2 Å². The Morgan fingerprint density at radius 3 is 2.81 bits per heavy atom. The minimum Gasteiger partial charge on any atom is -0.301 e. The van der Waals surface area contributed by atoms with Gasteiger partial charge < -0.3 is 5.32 Å². The van der Waals surface area contributed by atoms with Gasteiger partial charge in [0, 0.05) is 11.1 Å². The molecule has 0 aliphatic heterocycles. The first kappa shape index (κ1) is 13.8. The van der Waals surface area contributed by atoms with Gasteiger partial charge in [-0.05, 0) is 36.4 Å². The van der Waals surface area contributed by atoms with Gasteiger partial charge in [0.2, 0.25) is 0 Å². The summed E-state index contributed by atoms with van der Waals surface area (Å²) in [4.78, 5) is 4.49. The molecule has 0 spiro atoms. The third-order valence-corrected chi connectivity index (χ3v) is 4.25. The van der Waals surface area contributed by atoms with Crippen LogP contribution in [0.2, 0.25) is 0 Å². The number of para-hydroxylation sites is 1. The van der Waals surface area contributed by atoms with E-state index in [4.69, 9.17) is 0 Å². The van der Waals surface area contributed by atoms with Crippen molar-refractivity contribution < 1.29 is 0 Å². The number of tetrazole rings is 1. The fourth-order valence-electron chi connectivity index (χ4n) is 1.99. The summed E-state index contributed by atoms with van der Waals surface area (Å²) in [6.45, 7) is 4.68. The zero-order valence-corrected chi connectivity index (χ0v) is 12.7. The van der Waals surface area contributed by atoms with Crippen LogP contribution in [0.4, 0.5) is 0 Å². The molecule has 3 rings (SSSR count). The number of hydrogen-bond acceptors (Lipinski definition) is 6. The highest BCUT2D eigenvalue weighted by Crippen LogP contribution is 2.17. The van der Waals surface area contributed by atoms with E-state index in [1.807, 2.05) is 37.3 Å². The lowest BCUT2D eigenvalue weighted by Gasteiger charge is -2.10. The van der Waals surface area contributed by atoms with Crippen molar-refractivity contribution in [1.82, 2.24) is 30.5 Å². The number of aromatic nitrogens is 5. The molecule has 0 radical (unpaired) electrons. The molecule has 1 N–H and O–H groups in total. The van der Waals surface area contributed by atoms with Crippen LogP contribution in [0.25, 0.3) is 5.69 Å². The molecule has 1 unspecified atom stereocenters. The van der Waals surface area contributed by atoms with Crippen molar-refractivity contribution in [3.05, 3.63) is 52.2 Å². The van der Waals surface area contributed by atoms with Crippen LogP contribution in [0.3, 0.4) is 0 Å². The molecule has 0 amide bonds. The Balaban J connectivity index is 1.70. The minimum atomic E-state index is 0.171. The highest BCUT2D eigenvalue weighted by molar-refractivity contribution is 7.09. The minimum absolute atomic E-state index is 0.171. The predicted molar refractivity (Wildman–Crippen MR) is 81.3 cm³/mol. The molecular weight excluding hydrogens is 284 g/mol. The maximum absolute atomic E-state index is 4.49. The number of nitrogens with one attached hydrogen (secondary N) is 1. The van der Waals surface area contributed by atoms with Gasteiger partial charge in [-0.1, -0.05) is 18.2 Å². The number of hydrogen-bond donors (Lipinski definition) is 1. The predicted octanol–water partition coefficient (Wildman–Crippen LogP) is 2.28. The molecule has 1 aromatic carbocycles. The molecule has 0 saturated carbocycles. The third-order valence-electron chi connectivity index (χ3n) is 3.11. The maximum atomic E-state index is 4.49. The molecule has 21 heavy (non-hydrogen) atoms. The molecule has 0 fully saturated rings. The molecule has 108 valence electrons. The van der Waals surface area contributed by atoms with E-state index in [1.165, 1.54) is 0 Å². The van der Waals surface area contributed by atoms with Crippen LogP contribution in [0, 0.1) is 6.92 Å². The Bertz CT molecular complexity index is 705. The number of benzene rings is 1. The van der Waals surface area contributed by atoms with E-state index in [0.29, 0.717) is 6.54 Å². The molecule has 6 nitrogen and oxygen atoms in total. The summed E-state index contributed by atoms with van der Waals surface area (Å²) in [5, 5.41) is 18.4. The van der Waals surface area contributed by atoms with Gasteiger partial charge in [-0.15, -0.1) is 16.4 Å². The average molecular weight is 300 g/mol. The summed E-state index contributed by atoms with van der Waals surface area (Å²) >= 11 is 1.66. The molecule has 7 heteroatoms. The smallest absolute Gasteiger partial charge is 0.170 e. The van der Waals surface area contributed by atoms with Crippen LogP contribution in [0.15, 0.2) is 35.7 Å². The summed E-state index contributed by atoms with van der Waals surface area (Å²) < 4.78 is 1.74. The lowest BCUT2D eigenvalue weighted by atomic mass is 10.3. The topological polar surface area (TPSA) is 68.5 Å². The van der Waals surface area contributed by atoms with Crippen molar-refractivity contribution in [3.63, 3.8) is 0 Å². The lowest BCUT2D eigenvalue weighted by Crippen LogP contribution is -2.20. The Kier molecular flexibility index (Phi) is 4.03. The number of thiazole rings is 1. The Morgan fingerprint density at radius 1 is 1.29 bits per heavy atom. The second-order valence-corrected chi connectivity index (χ2v) is 5.66. The highest BCUT2D eigenvalue weighted by Gasteiger charge is 2.12. The van der Waals surface area contributed by atoms with Gasteiger partial charge in [-0.2, -0.15) is 4.68 Å². The van der Waals surface area contributed by atoms with Crippen molar-refractivity contribution in [2.75, 3.05) is 0 Å². The highest BCUT2D eigenvalue weighted by atomic mass is 32.1. The van der Waals surface area contributed by atoms with Gasteiger partial charge in [0.15, 0.2) is 5.82 Å². The molecule has 0 bridgehead atoms.